The lowest BCUT2D eigenvalue weighted by Gasteiger charge is -2.34. The maximum absolute atomic E-state index is 12.3. The second kappa shape index (κ2) is 5.10. The van der Waals surface area contributed by atoms with Crippen molar-refractivity contribution in [1.29, 1.82) is 0 Å². The van der Waals surface area contributed by atoms with Crippen LogP contribution in [0.5, 0.6) is 0 Å². The zero-order valence-corrected chi connectivity index (χ0v) is 11.4. The molecule has 1 aliphatic heterocycles. The molecule has 5 heteroatoms. The molecule has 4 nitrogen and oxygen atoms in total. The summed E-state index contributed by atoms with van der Waals surface area (Å²) in [4.78, 5) is 25.8. The molecule has 2 heterocycles. The monoisotopic (exact) mass is 267 g/mol. The molecule has 0 aromatic carbocycles. The summed E-state index contributed by atoms with van der Waals surface area (Å²) in [5, 5.41) is 11.0. The lowest BCUT2D eigenvalue weighted by atomic mass is 9.90. The molecule has 98 valence electrons. The lowest BCUT2D eigenvalue weighted by Crippen LogP contribution is -2.45. The Morgan fingerprint density at radius 3 is 2.72 bits per heavy atom. The third-order valence-corrected chi connectivity index (χ3v) is 4.36. The predicted octanol–water partition coefficient (Wildman–Crippen LogP) is 2.24. The second-order valence-electron chi connectivity index (χ2n) is 5.02. The molecule has 0 spiro atoms. The molecule has 0 radical (unpaired) electrons. The molecule has 0 saturated carbocycles. The van der Waals surface area contributed by atoms with Crippen LogP contribution in [0.2, 0.25) is 0 Å². The number of carbonyl (C=O) groups excluding carboxylic acids is 1. The summed E-state index contributed by atoms with van der Waals surface area (Å²) in [6.07, 6.45) is 0.655. The molecule has 1 aliphatic rings. The number of rotatable bonds is 2. The van der Waals surface area contributed by atoms with Gasteiger partial charge in [-0.15, -0.1) is 11.3 Å². The van der Waals surface area contributed by atoms with Gasteiger partial charge in [0.2, 0.25) is 0 Å². The van der Waals surface area contributed by atoms with Crippen molar-refractivity contribution in [3.63, 3.8) is 0 Å². The number of carboxylic acid groups (broad SMARTS) is 1. The summed E-state index contributed by atoms with van der Waals surface area (Å²) in [6, 6.07) is 1.92. The van der Waals surface area contributed by atoms with Crippen LogP contribution in [0.15, 0.2) is 11.4 Å². The number of likely N-dealkylation sites (tertiary alicyclic amines) is 1. The molecule has 1 fully saturated rings. The van der Waals surface area contributed by atoms with Gasteiger partial charge in [-0.05, 0) is 36.3 Å². The van der Waals surface area contributed by atoms with E-state index < -0.39 is 11.9 Å². The van der Waals surface area contributed by atoms with Crippen molar-refractivity contribution in [3.8, 4) is 0 Å². The van der Waals surface area contributed by atoms with Crippen LogP contribution in [0.25, 0.3) is 0 Å². The maximum atomic E-state index is 12.3. The van der Waals surface area contributed by atoms with E-state index in [4.69, 9.17) is 5.11 Å². The van der Waals surface area contributed by atoms with Gasteiger partial charge < -0.3 is 10.0 Å². The number of carbonyl (C=O) groups is 2. The summed E-state index contributed by atoms with van der Waals surface area (Å²) >= 11 is 1.42. The normalized spacial score (nSPS) is 24.0. The molecule has 2 unspecified atom stereocenters. The summed E-state index contributed by atoms with van der Waals surface area (Å²) in [5.74, 6) is -1.02. The number of aliphatic carboxylic acids is 1. The number of piperidine rings is 1. The minimum absolute atomic E-state index is 0.0275. The van der Waals surface area contributed by atoms with E-state index >= 15 is 0 Å². The number of carboxylic acids is 1. The SMILES string of the molecule is Cc1ccsc1C(=O)N1CC(C)CC(C(=O)O)C1. The highest BCUT2D eigenvalue weighted by atomic mass is 32.1. The Hall–Kier alpha value is -1.36. The van der Waals surface area contributed by atoms with Crippen molar-refractivity contribution in [3.05, 3.63) is 21.9 Å². The Balaban J connectivity index is 2.15. The molecule has 18 heavy (non-hydrogen) atoms. The van der Waals surface area contributed by atoms with Crippen molar-refractivity contribution in [2.24, 2.45) is 11.8 Å². The van der Waals surface area contributed by atoms with Gasteiger partial charge in [0.25, 0.3) is 5.91 Å². The highest BCUT2D eigenvalue weighted by Crippen LogP contribution is 2.25. The van der Waals surface area contributed by atoms with Gasteiger partial charge in [-0.2, -0.15) is 0 Å². The highest BCUT2D eigenvalue weighted by Gasteiger charge is 2.32. The fourth-order valence-electron chi connectivity index (χ4n) is 2.43. The maximum Gasteiger partial charge on any atom is 0.308 e. The van der Waals surface area contributed by atoms with Crippen molar-refractivity contribution in [2.45, 2.75) is 20.3 Å². The molecule has 2 atom stereocenters. The number of hydrogen-bond donors (Lipinski definition) is 1. The second-order valence-corrected chi connectivity index (χ2v) is 5.94. The van der Waals surface area contributed by atoms with E-state index in [9.17, 15) is 9.59 Å². The fraction of sp³-hybridized carbons (Fsp3) is 0.538. The fourth-order valence-corrected chi connectivity index (χ4v) is 3.32. The van der Waals surface area contributed by atoms with Crippen LogP contribution in [-0.2, 0) is 4.79 Å². The molecule has 1 N–H and O–H groups in total. The Labute approximate surface area is 110 Å². The standard InChI is InChI=1S/C13H17NO3S/c1-8-5-10(13(16)17)7-14(6-8)12(15)11-9(2)3-4-18-11/h3-4,8,10H,5-7H2,1-2H3,(H,16,17). The third-order valence-electron chi connectivity index (χ3n) is 3.35. The van der Waals surface area contributed by atoms with E-state index in [1.54, 1.807) is 4.90 Å². The van der Waals surface area contributed by atoms with Crippen LogP contribution in [0.4, 0.5) is 0 Å². The molecule has 0 bridgehead atoms. The number of amides is 1. The molecule has 0 aliphatic carbocycles. The molecule has 1 amide bonds. The minimum atomic E-state index is -0.803. The summed E-state index contributed by atoms with van der Waals surface area (Å²) < 4.78 is 0. The molecule has 1 saturated heterocycles. The zero-order chi connectivity index (χ0) is 13.3. The van der Waals surface area contributed by atoms with Gasteiger partial charge in [0, 0.05) is 13.1 Å². The zero-order valence-electron chi connectivity index (χ0n) is 10.5. The van der Waals surface area contributed by atoms with Gasteiger partial charge in [0.05, 0.1) is 10.8 Å². The molecular formula is C13H17NO3S. The van der Waals surface area contributed by atoms with E-state index in [-0.39, 0.29) is 11.8 Å². The topological polar surface area (TPSA) is 57.6 Å². The van der Waals surface area contributed by atoms with Gasteiger partial charge >= 0.3 is 5.97 Å². The van der Waals surface area contributed by atoms with Crippen LogP contribution in [0.1, 0.15) is 28.6 Å². The molecule has 2 rings (SSSR count). The van der Waals surface area contributed by atoms with E-state index in [0.717, 1.165) is 10.4 Å². The Bertz CT molecular complexity index is 469. The van der Waals surface area contributed by atoms with Gasteiger partial charge in [0.1, 0.15) is 0 Å². The largest absolute Gasteiger partial charge is 0.481 e. The van der Waals surface area contributed by atoms with Gasteiger partial charge in [0.15, 0.2) is 0 Å². The van der Waals surface area contributed by atoms with E-state index in [2.05, 4.69) is 0 Å². The van der Waals surface area contributed by atoms with Crippen molar-refractivity contribution < 1.29 is 14.7 Å². The van der Waals surface area contributed by atoms with E-state index in [1.807, 2.05) is 25.3 Å². The average Bonchev–Trinajstić information content (AvgIpc) is 2.73. The lowest BCUT2D eigenvalue weighted by molar-refractivity contribution is -0.143. The number of hydrogen-bond acceptors (Lipinski definition) is 3. The van der Waals surface area contributed by atoms with E-state index in [1.165, 1.54) is 11.3 Å². The Morgan fingerprint density at radius 1 is 1.44 bits per heavy atom. The van der Waals surface area contributed by atoms with Gasteiger partial charge in [-0.3, -0.25) is 9.59 Å². The summed E-state index contributed by atoms with van der Waals surface area (Å²) in [7, 11) is 0. The average molecular weight is 267 g/mol. The van der Waals surface area contributed by atoms with Crippen LogP contribution >= 0.6 is 11.3 Å². The summed E-state index contributed by atoms with van der Waals surface area (Å²) in [5.41, 5.74) is 0.968. The number of aryl methyl sites for hydroxylation is 1. The van der Waals surface area contributed by atoms with Crippen molar-refractivity contribution in [1.82, 2.24) is 4.90 Å². The molecule has 1 aromatic heterocycles. The molecule has 1 aromatic rings. The van der Waals surface area contributed by atoms with Crippen LogP contribution in [0, 0.1) is 18.8 Å². The smallest absolute Gasteiger partial charge is 0.308 e. The van der Waals surface area contributed by atoms with Crippen LogP contribution < -0.4 is 0 Å². The Morgan fingerprint density at radius 2 is 2.17 bits per heavy atom. The summed E-state index contributed by atoms with van der Waals surface area (Å²) in [6.45, 7) is 4.89. The first-order valence-corrected chi connectivity index (χ1v) is 6.93. The van der Waals surface area contributed by atoms with Gasteiger partial charge in [-0.1, -0.05) is 6.92 Å². The number of nitrogens with zero attached hydrogens (tertiary/aromatic N) is 1. The van der Waals surface area contributed by atoms with Crippen molar-refractivity contribution in [2.75, 3.05) is 13.1 Å². The third kappa shape index (κ3) is 2.56. The quantitative estimate of drug-likeness (QED) is 0.894. The Kier molecular flexibility index (Phi) is 3.71. The molecular weight excluding hydrogens is 250 g/mol. The first-order valence-electron chi connectivity index (χ1n) is 6.05. The predicted molar refractivity (Wildman–Crippen MR) is 69.9 cm³/mol. The van der Waals surface area contributed by atoms with Gasteiger partial charge in [-0.25, -0.2) is 0 Å². The van der Waals surface area contributed by atoms with E-state index in [0.29, 0.717) is 19.5 Å². The highest BCUT2D eigenvalue weighted by molar-refractivity contribution is 7.12. The van der Waals surface area contributed by atoms with Crippen LogP contribution in [0.3, 0.4) is 0 Å². The number of thiophene rings is 1. The van der Waals surface area contributed by atoms with Crippen molar-refractivity contribution >= 4 is 23.2 Å². The first kappa shape index (κ1) is 13.1. The van der Waals surface area contributed by atoms with Crippen LogP contribution in [-0.4, -0.2) is 35.0 Å². The minimum Gasteiger partial charge on any atom is -0.481 e. The first-order chi connectivity index (χ1) is 8.49.